The van der Waals surface area contributed by atoms with Crippen LogP contribution in [0.2, 0.25) is 0 Å². The molecule has 3 aliphatic carbocycles. The summed E-state index contributed by atoms with van der Waals surface area (Å²) in [4.78, 5) is 2.52. The van der Waals surface area contributed by atoms with Crippen molar-refractivity contribution < 1.29 is 0 Å². The van der Waals surface area contributed by atoms with Crippen LogP contribution in [0.25, 0.3) is 75.5 Å². The van der Waals surface area contributed by atoms with Gasteiger partial charge in [-0.05, 0) is 133 Å². The van der Waals surface area contributed by atoms with Crippen LogP contribution in [-0.4, -0.2) is 0 Å². The average Bonchev–Trinajstić information content (AvgIpc) is 3.93. The molecular formula is C61H47NS. The molecular weight excluding hydrogens is 779 g/mol. The van der Waals surface area contributed by atoms with E-state index in [4.69, 9.17) is 0 Å². The van der Waals surface area contributed by atoms with Gasteiger partial charge in [0.1, 0.15) is 0 Å². The minimum atomic E-state index is -0.110. The first-order valence-electron chi connectivity index (χ1n) is 22.8. The summed E-state index contributed by atoms with van der Waals surface area (Å²) in [6, 6.07) is 71.4. The third-order valence-corrected chi connectivity index (χ3v) is 16.2. The van der Waals surface area contributed by atoms with E-state index < -0.39 is 0 Å². The number of thiophene rings is 1. The van der Waals surface area contributed by atoms with E-state index in [0.717, 1.165) is 11.4 Å². The zero-order chi connectivity index (χ0) is 41.9. The normalized spacial score (nSPS) is 15.4. The van der Waals surface area contributed by atoms with Gasteiger partial charge in [-0.2, -0.15) is 0 Å². The second-order valence-electron chi connectivity index (χ2n) is 18.7. The Hall–Kier alpha value is -6.74. The summed E-state index contributed by atoms with van der Waals surface area (Å²) < 4.78 is 2.69. The second kappa shape index (κ2) is 13.9. The first-order chi connectivity index (χ1) is 31.0. The van der Waals surface area contributed by atoms with E-state index in [9.17, 15) is 0 Å². The lowest BCUT2D eigenvalue weighted by atomic mass is 9.68. The number of nitrogens with zero attached hydrogens (tertiary/aromatic N) is 1. The van der Waals surface area contributed by atoms with Gasteiger partial charge in [-0.15, -0.1) is 11.3 Å². The molecule has 302 valence electrons. The highest BCUT2D eigenvalue weighted by molar-refractivity contribution is 7.26. The summed E-state index contributed by atoms with van der Waals surface area (Å²) in [7, 11) is 0. The number of hydrogen-bond donors (Lipinski definition) is 0. The number of hydrogen-bond acceptors (Lipinski definition) is 2. The van der Waals surface area contributed by atoms with Gasteiger partial charge in [0, 0.05) is 48.1 Å². The fourth-order valence-corrected chi connectivity index (χ4v) is 13.5. The van der Waals surface area contributed by atoms with Crippen LogP contribution in [0.4, 0.5) is 17.1 Å². The van der Waals surface area contributed by atoms with Crippen LogP contribution in [0.5, 0.6) is 0 Å². The lowest BCUT2D eigenvalue weighted by Gasteiger charge is -2.36. The largest absolute Gasteiger partial charge is 0.310 e. The fourth-order valence-electron chi connectivity index (χ4n) is 12.2. The molecule has 10 aromatic rings. The van der Waals surface area contributed by atoms with Crippen LogP contribution >= 0.6 is 11.3 Å². The van der Waals surface area contributed by atoms with Crippen molar-refractivity contribution in [3.8, 4) is 44.5 Å². The van der Waals surface area contributed by atoms with Crippen molar-refractivity contribution in [2.45, 2.75) is 56.8 Å². The van der Waals surface area contributed by atoms with Crippen LogP contribution in [0, 0.1) is 0 Å². The van der Waals surface area contributed by atoms with Crippen LogP contribution < -0.4 is 4.90 Å². The van der Waals surface area contributed by atoms with Crippen molar-refractivity contribution in [1.82, 2.24) is 0 Å². The molecule has 9 aromatic carbocycles. The molecule has 1 heterocycles. The molecule has 0 amide bonds. The molecule has 3 aliphatic rings. The summed E-state index contributed by atoms with van der Waals surface area (Å²) >= 11 is 1.91. The number of anilines is 3. The van der Waals surface area contributed by atoms with Crippen LogP contribution in [-0.2, 0) is 10.8 Å². The quantitative estimate of drug-likeness (QED) is 0.167. The van der Waals surface area contributed by atoms with Gasteiger partial charge in [-0.1, -0.05) is 179 Å². The number of benzene rings is 9. The summed E-state index contributed by atoms with van der Waals surface area (Å²) in [6.07, 6.45) is 6.28. The van der Waals surface area contributed by atoms with Crippen molar-refractivity contribution in [3.63, 3.8) is 0 Å². The Kier molecular flexibility index (Phi) is 8.12. The van der Waals surface area contributed by atoms with E-state index in [2.05, 4.69) is 207 Å². The standard InChI is InChI=1S/C61H47NS/c1-60(2)53-24-8-6-20-49(53)51-23-13-22-46(58(51)60)41-16-12-17-43(37-41)62(44-32-34-50-48-19-7-9-25-54(48)61(55(50)38-44)35-10-3-11-36-61)42-30-27-40(28-31-42)45-21-14-26-56-57(45)52-33-29-39-15-4-5-18-47(39)59(52)63-56/h4-9,12-34,37-38H,3,10-11,35-36H2,1-2H3. The minimum absolute atomic E-state index is 0.0655. The molecule has 1 spiro atoms. The molecule has 2 heteroatoms. The highest BCUT2D eigenvalue weighted by atomic mass is 32.1. The van der Waals surface area contributed by atoms with Gasteiger partial charge in [0.2, 0.25) is 0 Å². The molecule has 13 rings (SSSR count). The van der Waals surface area contributed by atoms with Crippen LogP contribution in [0.3, 0.4) is 0 Å². The second-order valence-corrected chi connectivity index (χ2v) is 19.7. The van der Waals surface area contributed by atoms with E-state index in [-0.39, 0.29) is 10.8 Å². The molecule has 0 radical (unpaired) electrons. The van der Waals surface area contributed by atoms with Gasteiger partial charge in [0.05, 0.1) is 0 Å². The summed E-state index contributed by atoms with van der Waals surface area (Å²) in [5.74, 6) is 0. The van der Waals surface area contributed by atoms with Crippen molar-refractivity contribution in [2.24, 2.45) is 0 Å². The monoisotopic (exact) mass is 825 g/mol. The molecule has 0 unspecified atom stereocenters. The van der Waals surface area contributed by atoms with Crippen LogP contribution in [0.15, 0.2) is 188 Å². The Morgan fingerprint density at radius 2 is 1.08 bits per heavy atom. The molecule has 1 fully saturated rings. The Morgan fingerprint density at radius 3 is 1.94 bits per heavy atom. The topological polar surface area (TPSA) is 3.24 Å². The minimum Gasteiger partial charge on any atom is -0.310 e. The van der Waals surface area contributed by atoms with E-state index in [1.165, 1.54) is 135 Å². The van der Waals surface area contributed by atoms with Gasteiger partial charge >= 0.3 is 0 Å². The van der Waals surface area contributed by atoms with Crippen molar-refractivity contribution in [3.05, 3.63) is 210 Å². The highest BCUT2D eigenvalue weighted by Crippen LogP contribution is 2.57. The number of fused-ring (bicyclic) bond motifs is 13. The molecule has 1 nitrogen and oxygen atoms in total. The Balaban J connectivity index is 0.977. The molecule has 0 saturated heterocycles. The van der Waals surface area contributed by atoms with Crippen LogP contribution in [0.1, 0.15) is 68.2 Å². The Labute approximate surface area is 373 Å². The Morgan fingerprint density at radius 1 is 0.429 bits per heavy atom. The van der Waals surface area contributed by atoms with Gasteiger partial charge in [-0.25, -0.2) is 0 Å². The smallest absolute Gasteiger partial charge is 0.0467 e. The SMILES string of the molecule is CC1(C)c2ccccc2-c2cccc(-c3cccc(N(c4ccc(-c5cccc6sc7c8ccccc8ccc7c56)cc4)c4ccc5c(c4)C4(CCCCC4)c4ccccc4-5)c3)c21. The lowest BCUT2D eigenvalue weighted by molar-refractivity contribution is 0.353. The molecule has 0 bridgehead atoms. The van der Waals surface area contributed by atoms with Gasteiger partial charge in [0.25, 0.3) is 0 Å². The van der Waals surface area contributed by atoms with Crippen molar-refractivity contribution >= 4 is 59.3 Å². The molecule has 0 N–H and O–H groups in total. The first kappa shape index (κ1) is 36.9. The predicted octanol–water partition coefficient (Wildman–Crippen LogP) is 17.5. The van der Waals surface area contributed by atoms with E-state index in [1.807, 2.05) is 11.3 Å². The highest BCUT2D eigenvalue weighted by Gasteiger charge is 2.44. The predicted molar refractivity (Wildman–Crippen MR) is 269 cm³/mol. The fraction of sp³-hybridized carbons (Fsp3) is 0.148. The Bertz CT molecular complexity index is 3470. The maximum absolute atomic E-state index is 2.56. The third-order valence-electron chi connectivity index (χ3n) is 15.0. The van der Waals surface area contributed by atoms with E-state index in [1.54, 1.807) is 0 Å². The molecule has 1 aromatic heterocycles. The van der Waals surface area contributed by atoms with Gasteiger partial charge < -0.3 is 4.90 Å². The lowest BCUT2D eigenvalue weighted by Crippen LogP contribution is -2.28. The summed E-state index contributed by atoms with van der Waals surface area (Å²) in [5.41, 5.74) is 19.9. The van der Waals surface area contributed by atoms with Crippen molar-refractivity contribution in [1.29, 1.82) is 0 Å². The molecule has 63 heavy (non-hydrogen) atoms. The number of rotatable bonds is 5. The maximum Gasteiger partial charge on any atom is 0.0467 e. The summed E-state index contributed by atoms with van der Waals surface area (Å²) in [5, 5.41) is 5.30. The van der Waals surface area contributed by atoms with Gasteiger partial charge in [0.15, 0.2) is 0 Å². The van der Waals surface area contributed by atoms with E-state index in [0.29, 0.717) is 0 Å². The first-order valence-corrected chi connectivity index (χ1v) is 23.6. The third kappa shape index (κ3) is 5.41. The molecule has 0 atom stereocenters. The van der Waals surface area contributed by atoms with Crippen molar-refractivity contribution in [2.75, 3.05) is 4.90 Å². The molecule has 0 aliphatic heterocycles. The maximum atomic E-state index is 2.56. The zero-order valence-corrected chi connectivity index (χ0v) is 36.6. The van der Waals surface area contributed by atoms with Gasteiger partial charge in [-0.3, -0.25) is 0 Å². The molecule has 1 saturated carbocycles. The average molecular weight is 826 g/mol. The van der Waals surface area contributed by atoms with E-state index >= 15 is 0 Å². The zero-order valence-electron chi connectivity index (χ0n) is 35.8. The summed E-state index contributed by atoms with van der Waals surface area (Å²) in [6.45, 7) is 4.79.